The third-order valence-corrected chi connectivity index (χ3v) is 2.20. The number of nitrogens with zero attached hydrogens (tertiary/aromatic N) is 1. The van der Waals surface area contributed by atoms with Crippen LogP contribution in [0.15, 0.2) is 12.2 Å². The van der Waals surface area contributed by atoms with Crippen molar-refractivity contribution < 1.29 is 9.90 Å². The minimum Gasteiger partial charge on any atom is -0.478 e. The SMILES string of the molecule is C=C(CN(C)C(C)CCC)C(=O)O. The first-order valence-electron chi connectivity index (χ1n) is 4.60. The van der Waals surface area contributed by atoms with Crippen LogP contribution >= 0.6 is 0 Å². The molecule has 0 heterocycles. The molecule has 0 saturated heterocycles. The van der Waals surface area contributed by atoms with Gasteiger partial charge in [-0.05, 0) is 20.4 Å². The van der Waals surface area contributed by atoms with Gasteiger partial charge in [0.1, 0.15) is 0 Å². The second kappa shape index (κ2) is 5.75. The van der Waals surface area contributed by atoms with E-state index < -0.39 is 5.97 Å². The maximum Gasteiger partial charge on any atom is 0.332 e. The maximum atomic E-state index is 10.5. The molecule has 0 aromatic heterocycles. The Kier molecular flexibility index (Phi) is 5.39. The smallest absolute Gasteiger partial charge is 0.332 e. The first kappa shape index (κ1) is 12.2. The molecule has 0 rings (SSSR count). The van der Waals surface area contributed by atoms with Crippen molar-refractivity contribution in [3.05, 3.63) is 12.2 Å². The van der Waals surface area contributed by atoms with Gasteiger partial charge < -0.3 is 5.11 Å². The minimum absolute atomic E-state index is 0.255. The van der Waals surface area contributed by atoms with E-state index in [2.05, 4.69) is 20.4 Å². The first-order chi connectivity index (χ1) is 5.99. The molecule has 0 aromatic rings. The van der Waals surface area contributed by atoms with Gasteiger partial charge in [0, 0.05) is 18.2 Å². The van der Waals surface area contributed by atoms with Crippen LogP contribution in [0.25, 0.3) is 0 Å². The lowest BCUT2D eigenvalue weighted by Crippen LogP contribution is -2.32. The van der Waals surface area contributed by atoms with Gasteiger partial charge in [-0.2, -0.15) is 0 Å². The monoisotopic (exact) mass is 185 g/mol. The minimum atomic E-state index is -0.907. The number of aliphatic carboxylic acids is 1. The zero-order chi connectivity index (χ0) is 10.4. The Balaban J connectivity index is 3.91. The number of carboxylic acids is 1. The summed E-state index contributed by atoms with van der Waals surface area (Å²) in [5.41, 5.74) is 0.255. The van der Waals surface area contributed by atoms with Gasteiger partial charge in [-0.15, -0.1) is 0 Å². The van der Waals surface area contributed by atoms with Crippen LogP contribution in [0, 0.1) is 0 Å². The quantitative estimate of drug-likeness (QED) is 0.641. The molecular weight excluding hydrogens is 166 g/mol. The molecule has 0 fully saturated rings. The van der Waals surface area contributed by atoms with Gasteiger partial charge >= 0.3 is 5.97 Å². The molecule has 0 bridgehead atoms. The van der Waals surface area contributed by atoms with Crippen molar-refractivity contribution in [1.82, 2.24) is 4.90 Å². The van der Waals surface area contributed by atoms with E-state index >= 15 is 0 Å². The molecule has 0 aromatic carbocycles. The highest BCUT2D eigenvalue weighted by molar-refractivity contribution is 5.86. The summed E-state index contributed by atoms with van der Waals surface area (Å²) in [4.78, 5) is 12.5. The van der Waals surface area contributed by atoms with Crippen LogP contribution in [0.4, 0.5) is 0 Å². The Labute approximate surface area is 80.0 Å². The standard InChI is InChI=1S/C10H19NO2/c1-5-6-9(3)11(4)7-8(2)10(12)13/h9H,2,5-7H2,1,3-4H3,(H,12,13). The summed E-state index contributed by atoms with van der Waals surface area (Å²) in [6.45, 7) is 8.15. The van der Waals surface area contributed by atoms with Gasteiger partial charge in [0.15, 0.2) is 0 Å². The summed E-state index contributed by atoms with van der Waals surface area (Å²) >= 11 is 0. The first-order valence-corrected chi connectivity index (χ1v) is 4.60. The number of carboxylic acid groups (broad SMARTS) is 1. The lowest BCUT2D eigenvalue weighted by molar-refractivity contribution is -0.132. The zero-order valence-electron chi connectivity index (χ0n) is 8.71. The molecule has 0 aliphatic rings. The Morgan fingerprint density at radius 3 is 2.54 bits per heavy atom. The number of carbonyl (C=O) groups is 1. The Morgan fingerprint density at radius 2 is 2.15 bits per heavy atom. The van der Waals surface area contributed by atoms with Crippen LogP contribution in [0.3, 0.4) is 0 Å². The lowest BCUT2D eigenvalue weighted by atomic mass is 10.1. The lowest BCUT2D eigenvalue weighted by Gasteiger charge is -2.23. The van der Waals surface area contributed by atoms with Gasteiger partial charge in [0.05, 0.1) is 0 Å². The number of likely N-dealkylation sites (N-methyl/N-ethyl adjacent to an activating group) is 1. The molecule has 0 amide bonds. The van der Waals surface area contributed by atoms with Gasteiger partial charge in [-0.1, -0.05) is 19.9 Å². The van der Waals surface area contributed by atoms with Gasteiger partial charge in [-0.3, -0.25) is 4.90 Å². The summed E-state index contributed by atoms with van der Waals surface area (Å²) in [5.74, 6) is -0.907. The molecule has 0 aliphatic heterocycles. The Hall–Kier alpha value is -0.830. The van der Waals surface area contributed by atoms with Crippen molar-refractivity contribution in [3.63, 3.8) is 0 Å². The average Bonchev–Trinajstić information content (AvgIpc) is 2.04. The molecule has 1 atom stereocenters. The van der Waals surface area contributed by atoms with E-state index in [-0.39, 0.29) is 5.57 Å². The van der Waals surface area contributed by atoms with Crippen molar-refractivity contribution in [3.8, 4) is 0 Å². The number of hydrogen-bond donors (Lipinski definition) is 1. The van der Waals surface area contributed by atoms with Crippen LogP contribution in [0.1, 0.15) is 26.7 Å². The summed E-state index contributed by atoms with van der Waals surface area (Å²) in [7, 11) is 1.93. The highest BCUT2D eigenvalue weighted by Crippen LogP contribution is 2.05. The highest BCUT2D eigenvalue weighted by atomic mass is 16.4. The van der Waals surface area contributed by atoms with Crippen molar-refractivity contribution in [2.24, 2.45) is 0 Å². The van der Waals surface area contributed by atoms with E-state index in [1.165, 1.54) is 0 Å². The van der Waals surface area contributed by atoms with Gasteiger partial charge in [-0.25, -0.2) is 4.79 Å². The molecule has 1 N–H and O–H groups in total. The third-order valence-electron chi connectivity index (χ3n) is 2.20. The number of rotatable bonds is 6. The molecular formula is C10H19NO2. The summed E-state index contributed by atoms with van der Waals surface area (Å²) in [6.07, 6.45) is 2.20. The van der Waals surface area contributed by atoms with E-state index in [4.69, 9.17) is 5.11 Å². The summed E-state index contributed by atoms with van der Waals surface area (Å²) < 4.78 is 0. The van der Waals surface area contributed by atoms with Crippen LogP contribution < -0.4 is 0 Å². The molecule has 0 saturated carbocycles. The summed E-state index contributed by atoms with van der Waals surface area (Å²) in [5, 5.41) is 8.62. The van der Waals surface area contributed by atoms with E-state index in [0.29, 0.717) is 12.6 Å². The van der Waals surface area contributed by atoms with Crippen LogP contribution in [0.2, 0.25) is 0 Å². The zero-order valence-corrected chi connectivity index (χ0v) is 8.71. The van der Waals surface area contributed by atoms with Crippen LogP contribution in [-0.2, 0) is 4.79 Å². The topological polar surface area (TPSA) is 40.5 Å². The molecule has 76 valence electrons. The van der Waals surface area contributed by atoms with Gasteiger partial charge in [0.25, 0.3) is 0 Å². The van der Waals surface area contributed by atoms with Crippen molar-refractivity contribution in [2.45, 2.75) is 32.7 Å². The fraction of sp³-hybridized carbons (Fsp3) is 0.700. The van der Waals surface area contributed by atoms with E-state index in [1.54, 1.807) is 0 Å². The second-order valence-electron chi connectivity index (χ2n) is 3.46. The van der Waals surface area contributed by atoms with Crippen molar-refractivity contribution >= 4 is 5.97 Å². The largest absolute Gasteiger partial charge is 0.478 e. The summed E-state index contributed by atoms with van der Waals surface area (Å²) in [6, 6.07) is 0.418. The Bertz CT molecular complexity index is 189. The fourth-order valence-electron chi connectivity index (χ4n) is 1.16. The van der Waals surface area contributed by atoms with E-state index in [9.17, 15) is 4.79 Å². The maximum absolute atomic E-state index is 10.5. The third kappa shape index (κ3) is 4.68. The second-order valence-corrected chi connectivity index (χ2v) is 3.46. The molecule has 1 unspecified atom stereocenters. The van der Waals surface area contributed by atoms with Crippen molar-refractivity contribution in [1.29, 1.82) is 0 Å². The molecule has 13 heavy (non-hydrogen) atoms. The van der Waals surface area contributed by atoms with E-state index in [1.807, 2.05) is 11.9 Å². The fourth-order valence-corrected chi connectivity index (χ4v) is 1.16. The van der Waals surface area contributed by atoms with E-state index in [0.717, 1.165) is 12.8 Å². The molecule has 0 aliphatic carbocycles. The predicted octanol–water partition coefficient (Wildman–Crippen LogP) is 1.75. The average molecular weight is 185 g/mol. The van der Waals surface area contributed by atoms with Crippen LogP contribution in [-0.4, -0.2) is 35.6 Å². The molecule has 0 spiro atoms. The normalized spacial score (nSPS) is 12.9. The van der Waals surface area contributed by atoms with Crippen LogP contribution in [0.5, 0.6) is 0 Å². The highest BCUT2D eigenvalue weighted by Gasteiger charge is 2.12. The molecule has 0 radical (unpaired) electrons. The number of hydrogen-bond acceptors (Lipinski definition) is 2. The van der Waals surface area contributed by atoms with Crippen molar-refractivity contribution in [2.75, 3.05) is 13.6 Å². The Morgan fingerprint density at radius 1 is 1.62 bits per heavy atom. The molecule has 3 heteroatoms. The predicted molar refractivity (Wildman–Crippen MR) is 53.8 cm³/mol. The molecule has 3 nitrogen and oxygen atoms in total. The van der Waals surface area contributed by atoms with Gasteiger partial charge in [0.2, 0.25) is 0 Å².